The molecule has 5 nitrogen and oxygen atoms in total. The van der Waals surface area contributed by atoms with Gasteiger partial charge in [-0.15, -0.1) is 0 Å². The first kappa shape index (κ1) is 12.4. The number of nitrogens with zero attached hydrogens (tertiary/aromatic N) is 2. The van der Waals surface area contributed by atoms with Crippen LogP contribution in [0.25, 0.3) is 0 Å². The van der Waals surface area contributed by atoms with E-state index in [1.165, 1.54) is 4.31 Å². The van der Waals surface area contributed by atoms with E-state index in [0.717, 1.165) is 19.3 Å². The topological polar surface area (TPSA) is 73.2 Å². The predicted molar refractivity (Wildman–Crippen MR) is 57.2 cm³/mol. The lowest BCUT2D eigenvalue weighted by atomic mass is 10.2. The van der Waals surface area contributed by atoms with Gasteiger partial charge in [-0.25, -0.2) is 0 Å². The third-order valence-electron chi connectivity index (χ3n) is 2.51. The summed E-state index contributed by atoms with van der Waals surface area (Å²) in [4.78, 5) is 0. The number of rotatable bonds is 4. The summed E-state index contributed by atoms with van der Waals surface area (Å²) < 4.78 is 27.4. The van der Waals surface area contributed by atoms with Crippen molar-refractivity contribution in [3.63, 3.8) is 0 Å². The molecule has 0 aromatic heterocycles. The SMILES string of the molecule is CCC(C#N)NS(=O)(=O)N1CCCCC1. The first-order valence-electron chi connectivity index (χ1n) is 5.27. The summed E-state index contributed by atoms with van der Waals surface area (Å²) in [6, 6.07) is 1.32. The summed E-state index contributed by atoms with van der Waals surface area (Å²) in [5, 5.41) is 8.69. The quantitative estimate of drug-likeness (QED) is 0.770. The molecule has 1 saturated heterocycles. The first-order valence-corrected chi connectivity index (χ1v) is 6.71. The van der Waals surface area contributed by atoms with Crippen molar-refractivity contribution in [1.29, 1.82) is 5.26 Å². The summed E-state index contributed by atoms with van der Waals surface area (Å²) in [5.41, 5.74) is 0. The summed E-state index contributed by atoms with van der Waals surface area (Å²) in [6.45, 7) is 2.92. The van der Waals surface area contributed by atoms with Crippen LogP contribution in [0.5, 0.6) is 0 Å². The van der Waals surface area contributed by atoms with Gasteiger partial charge in [0.25, 0.3) is 10.2 Å². The molecular formula is C9H17N3O2S. The maximum Gasteiger partial charge on any atom is 0.280 e. The molecule has 1 unspecified atom stereocenters. The molecule has 1 atom stereocenters. The van der Waals surface area contributed by atoms with Crippen molar-refractivity contribution in [1.82, 2.24) is 9.03 Å². The maximum absolute atomic E-state index is 11.8. The van der Waals surface area contributed by atoms with E-state index in [4.69, 9.17) is 5.26 Å². The molecule has 0 bridgehead atoms. The summed E-state index contributed by atoms with van der Waals surface area (Å²) in [6.07, 6.45) is 3.39. The minimum absolute atomic E-state index is 0.490. The molecule has 6 heteroatoms. The van der Waals surface area contributed by atoms with Crippen LogP contribution in [0.2, 0.25) is 0 Å². The molecule has 0 aromatic rings. The predicted octanol–water partition coefficient (Wildman–Crippen LogP) is 0.609. The van der Waals surface area contributed by atoms with Crippen LogP contribution in [-0.4, -0.2) is 31.9 Å². The molecule has 1 rings (SSSR count). The van der Waals surface area contributed by atoms with Crippen LogP contribution in [0.1, 0.15) is 32.6 Å². The number of hydrogen-bond acceptors (Lipinski definition) is 3. The van der Waals surface area contributed by atoms with Gasteiger partial charge in [0.05, 0.1) is 6.07 Å². The molecular weight excluding hydrogens is 214 g/mol. The van der Waals surface area contributed by atoms with E-state index < -0.39 is 16.3 Å². The Kier molecular flexibility index (Phi) is 4.51. The highest BCUT2D eigenvalue weighted by Crippen LogP contribution is 2.12. The molecule has 1 N–H and O–H groups in total. The van der Waals surface area contributed by atoms with E-state index in [1.807, 2.05) is 6.07 Å². The van der Waals surface area contributed by atoms with Crippen molar-refractivity contribution in [3.05, 3.63) is 0 Å². The monoisotopic (exact) mass is 231 g/mol. The second-order valence-corrected chi connectivity index (χ2v) is 5.37. The molecule has 1 fully saturated rings. The maximum atomic E-state index is 11.8. The van der Waals surface area contributed by atoms with Crippen molar-refractivity contribution >= 4 is 10.2 Å². The van der Waals surface area contributed by atoms with E-state index in [2.05, 4.69) is 4.72 Å². The average Bonchev–Trinajstić information content (AvgIpc) is 2.27. The number of hydrogen-bond donors (Lipinski definition) is 1. The van der Waals surface area contributed by atoms with Crippen molar-refractivity contribution in [2.24, 2.45) is 0 Å². The number of nitrogens with one attached hydrogen (secondary N) is 1. The molecule has 0 amide bonds. The highest BCUT2D eigenvalue weighted by molar-refractivity contribution is 7.87. The van der Waals surface area contributed by atoms with Gasteiger partial charge in [0, 0.05) is 13.1 Å². The van der Waals surface area contributed by atoms with Gasteiger partial charge in [0.2, 0.25) is 0 Å². The molecule has 0 radical (unpaired) electrons. The molecule has 1 aliphatic rings. The molecule has 1 heterocycles. The molecule has 0 aliphatic carbocycles. The number of nitriles is 1. The standard InChI is InChI=1S/C9H17N3O2S/c1-2-9(8-10)11-15(13,14)12-6-4-3-5-7-12/h9,11H,2-7H2,1H3. The Labute approximate surface area is 91.3 Å². The van der Waals surface area contributed by atoms with E-state index in [-0.39, 0.29) is 0 Å². The second kappa shape index (κ2) is 5.45. The van der Waals surface area contributed by atoms with Gasteiger partial charge in [-0.2, -0.15) is 22.7 Å². The zero-order valence-corrected chi connectivity index (χ0v) is 9.76. The Morgan fingerprint density at radius 1 is 1.40 bits per heavy atom. The fraction of sp³-hybridized carbons (Fsp3) is 0.889. The van der Waals surface area contributed by atoms with Gasteiger partial charge in [-0.1, -0.05) is 13.3 Å². The van der Waals surface area contributed by atoms with Crippen molar-refractivity contribution < 1.29 is 8.42 Å². The van der Waals surface area contributed by atoms with Crippen LogP contribution in [0.4, 0.5) is 0 Å². The minimum atomic E-state index is -3.45. The minimum Gasteiger partial charge on any atom is -0.197 e. The van der Waals surface area contributed by atoms with E-state index >= 15 is 0 Å². The van der Waals surface area contributed by atoms with Crippen LogP contribution in [-0.2, 0) is 10.2 Å². The molecule has 0 spiro atoms. The summed E-state index contributed by atoms with van der Waals surface area (Å²) in [7, 11) is -3.45. The first-order chi connectivity index (χ1) is 7.10. The van der Waals surface area contributed by atoms with Crippen molar-refractivity contribution in [2.75, 3.05) is 13.1 Å². The van der Waals surface area contributed by atoms with Gasteiger partial charge in [0.1, 0.15) is 6.04 Å². The van der Waals surface area contributed by atoms with Gasteiger partial charge in [-0.3, -0.25) is 0 Å². The Morgan fingerprint density at radius 2 is 2.00 bits per heavy atom. The third-order valence-corrected chi connectivity index (χ3v) is 4.14. The summed E-state index contributed by atoms with van der Waals surface area (Å²) >= 11 is 0. The van der Waals surface area contributed by atoms with Crippen molar-refractivity contribution in [2.45, 2.75) is 38.6 Å². The van der Waals surface area contributed by atoms with Crippen LogP contribution < -0.4 is 4.72 Å². The van der Waals surface area contributed by atoms with Gasteiger partial charge < -0.3 is 0 Å². The van der Waals surface area contributed by atoms with Crippen LogP contribution in [0.3, 0.4) is 0 Å². The molecule has 15 heavy (non-hydrogen) atoms. The fourth-order valence-corrected chi connectivity index (χ4v) is 3.03. The number of piperidine rings is 1. The lowest BCUT2D eigenvalue weighted by Crippen LogP contribution is -2.46. The van der Waals surface area contributed by atoms with Gasteiger partial charge in [0.15, 0.2) is 0 Å². The zero-order chi connectivity index (χ0) is 11.3. The Bertz CT molecular complexity index is 328. The molecule has 86 valence electrons. The fourth-order valence-electron chi connectivity index (χ4n) is 1.56. The Balaban J connectivity index is 2.61. The highest BCUT2D eigenvalue weighted by Gasteiger charge is 2.25. The zero-order valence-electron chi connectivity index (χ0n) is 8.94. The normalized spacial score (nSPS) is 20.8. The Hall–Kier alpha value is -0.640. The average molecular weight is 231 g/mol. The molecule has 0 saturated carbocycles. The Morgan fingerprint density at radius 3 is 2.47 bits per heavy atom. The second-order valence-electron chi connectivity index (χ2n) is 3.67. The lowest BCUT2D eigenvalue weighted by molar-refractivity contribution is 0.340. The lowest BCUT2D eigenvalue weighted by Gasteiger charge is -2.26. The third kappa shape index (κ3) is 3.45. The van der Waals surface area contributed by atoms with E-state index in [9.17, 15) is 8.42 Å². The molecule has 0 aromatic carbocycles. The van der Waals surface area contributed by atoms with Crippen LogP contribution in [0, 0.1) is 11.3 Å². The van der Waals surface area contributed by atoms with E-state index in [1.54, 1.807) is 6.92 Å². The van der Waals surface area contributed by atoms with Gasteiger partial charge >= 0.3 is 0 Å². The van der Waals surface area contributed by atoms with Gasteiger partial charge in [-0.05, 0) is 19.3 Å². The van der Waals surface area contributed by atoms with Crippen LogP contribution in [0.15, 0.2) is 0 Å². The largest absolute Gasteiger partial charge is 0.280 e. The van der Waals surface area contributed by atoms with Crippen molar-refractivity contribution in [3.8, 4) is 6.07 Å². The highest BCUT2D eigenvalue weighted by atomic mass is 32.2. The summed E-state index contributed by atoms with van der Waals surface area (Å²) in [5.74, 6) is 0. The van der Waals surface area contributed by atoms with Crippen LogP contribution >= 0.6 is 0 Å². The molecule has 1 aliphatic heterocycles. The smallest absolute Gasteiger partial charge is 0.197 e. The van der Waals surface area contributed by atoms with E-state index in [0.29, 0.717) is 19.5 Å².